The molecule has 3 heteroatoms. The van der Waals surface area contributed by atoms with Crippen LogP contribution < -0.4 is 0 Å². The van der Waals surface area contributed by atoms with Crippen LogP contribution >= 0.6 is 0 Å². The SMILES string of the molecule is CCc1ccc(CC(C)N(C)CCC(=O)O)cc1. The van der Waals surface area contributed by atoms with Gasteiger partial charge in [0.25, 0.3) is 0 Å². The Labute approximate surface area is 109 Å². The summed E-state index contributed by atoms with van der Waals surface area (Å²) in [7, 11) is 1.98. The van der Waals surface area contributed by atoms with Crippen LogP contribution in [0.4, 0.5) is 0 Å². The summed E-state index contributed by atoms with van der Waals surface area (Å²) in [5.41, 5.74) is 2.66. The molecule has 1 aromatic rings. The van der Waals surface area contributed by atoms with Crippen molar-refractivity contribution in [2.45, 2.75) is 39.2 Å². The molecule has 1 aromatic carbocycles. The number of nitrogens with zero attached hydrogens (tertiary/aromatic N) is 1. The van der Waals surface area contributed by atoms with Crippen molar-refractivity contribution in [3.63, 3.8) is 0 Å². The Hall–Kier alpha value is -1.35. The zero-order valence-electron chi connectivity index (χ0n) is 11.5. The second kappa shape index (κ2) is 7.17. The van der Waals surface area contributed by atoms with Gasteiger partial charge in [-0.1, -0.05) is 31.2 Å². The van der Waals surface area contributed by atoms with E-state index in [2.05, 4.69) is 43.0 Å². The van der Waals surface area contributed by atoms with E-state index in [4.69, 9.17) is 5.11 Å². The number of carboxylic acids is 1. The first-order valence-corrected chi connectivity index (χ1v) is 6.52. The highest BCUT2D eigenvalue weighted by atomic mass is 16.4. The number of rotatable bonds is 7. The molecule has 0 heterocycles. The Bertz CT molecular complexity index is 373. The molecule has 0 radical (unpaired) electrons. The molecule has 0 amide bonds. The molecule has 0 spiro atoms. The van der Waals surface area contributed by atoms with Gasteiger partial charge in [-0.3, -0.25) is 4.79 Å². The molecule has 0 fully saturated rings. The van der Waals surface area contributed by atoms with Gasteiger partial charge in [0, 0.05) is 12.6 Å². The lowest BCUT2D eigenvalue weighted by Gasteiger charge is -2.24. The van der Waals surface area contributed by atoms with E-state index in [1.54, 1.807) is 0 Å². The summed E-state index contributed by atoms with van der Waals surface area (Å²) in [5.74, 6) is -0.735. The van der Waals surface area contributed by atoms with Crippen LogP contribution in [0, 0.1) is 0 Å². The topological polar surface area (TPSA) is 40.5 Å². The number of hydrogen-bond acceptors (Lipinski definition) is 2. The third kappa shape index (κ3) is 4.88. The Morgan fingerprint density at radius 1 is 1.28 bits per heavy atom. The van der Waals surface area contributed by atoms with Gasteiger partial charge in [-0.15, -0.1) is 0 Å². The molecule has 0 aliphatic rings. The third-order valence-electron chi connectivity index (χ3n) is 3.39. The minimum absolute atomic E-state index is 0.204. The van der Waals surface area contributed by atoms with Crippen molar-refractivity contribution in [2.75, 3.05) is 13.6 Å². The molecule has 0 aliphatic carbocycles. The van der Waals surface area contributed by atoms with Crippen LogP contribution in [0.1, 0.15) is 31.4 Å². The lowest BCUT2D eigenvalue weighted by Crippen LogP contribution is -2.32. The average Bonchev–Trinajstić information content (AvgIpc) is 2.36. The van der Waals surface area contributed by atoms with Crippen LogP contribution in [-0.2, 0) is 17.6 Å². The van der Waals surface area contributed by atoms with Gasteiger partial charge in [0.05, 0.1) is 6.42 Å². The number of hydrogen-bond donors (Lipinski definition) is 1. The summed E-state index contributed by atoms with van der Waals surface area (Å²) in [5, 5.41) is 8.66. The smallest absolute Gasteiger partial charge is 0.304 e. The van der Waals surface area contributed by atoms with Gasteiger partial charge in [0.15, 0.2) is 0 Å². The van der Waals surface area contributed by atoms with Gasteiger partial charge in [-0.2, -0.15) is 0 Å². The maximum Gasteiger partial charge on any atom is 0.304 e. The van der Waals surface area contributed by atoms with Crippen molar-refractivity contribution < 1.29 is 9.90 Å². The highest BCUT2D eigenvalue weighted by Crippen LogP contribution is 2.10. The van der Waals surface area contributed by atoms with Crippen molar-refractivity contribution in [3.05, 3.63) is 35.4 Å². The Morgan fingerprint density at radius 2 is 1.83 bits per heavy atom. The van der Waals surface area contributed by atoms with E-state index in [0.29, 0.717) is 12.6 Å². The van der Waals surface area contributed by atoms with Crippen molar-refractivity contribution in [2.24, 2.45) is 0 Å². The van der Waals surface area contributed by atoms with Crippen LogP contribution in [0.5, 0.6) is 0 Å². The molecule has 100 valence electrons. The molecule has 0 saturated carbocycles. The van der Waals surface area contributed by atoms with Crippen LogP contribution in [0.2, 0.25) is 0 Å². The van der Waals surface area contributed by atoms with Crippen LogP contribution in [0.3, 0.4) is 0 Å². The molecule has 3 nitrogen and oxygen atoms in total. The number of carboxylic acid groups (broad SMARTS) is 1. The van der Waals surface area contributed by atoms with Gasteiger partial charge in [0.1, 0.15) is 0 Å². The van der Waals surface area contributed by atoms with E-state index in [1.807, 2.05) is 7.05 Å². The molecule has 0 bridgehead atoms. The first kappa shape index (κ1) is 14.7. The van der Waals surface area contributed by atoms with E-state index in [0.717, 1.165) is 12.8 Å². The molecular weight excluding hydrogens is 226 g/mol. The van der Waals surface area contributed by atoms with E-state index in [1.165, 1.54) is 11.1 Å². The summed E-state index contributed by atoms with van der Waals surface area (Å²) < 4.78 is 0. The van der Waals surface area contributed by atoms with Gasteiger partial charge < -0.3 is 10.0 Å². The molecule has 1 unspecified atom stereocenters. The van der Waals surface area contributed by atoms with Crippen LogP contribution in [0.15, 0.2) is 24.3 Å². The summed E-state index contributed by atoms with van der Waals surface area (Å²) in [6, 6.07) is 9.02. The zero-order chi connectivity index (χ0) is 13.5. The molecule has 0 aliphatic heterocycles. The van der Waals surface area contributed by atoms with E-state index in [9.17, 15) is 4.79 Å². The Balaban J connectivity index is 2.47. The first-order valence-electron chi connectivity index (χ1n) is 6.52. The second-order valence-corrected chi connectivity index (χ2v) is 4.85. The first-order chi connectivity index (χ1) is 8.52. The highest BCUT2D eigenvalue weighted by molar-refractivity contribution is 5.66. The Kier molecular flexibility index (Phi) is 5.86. The molecule has 0 saturated heterocycles. The number of aryl methyl sites for hydroxylation is 1. The monoisotopic (exact) mass is 249 g/mol. The minimum atomic E-state index is -0.735. The summed E-state index contributed by atoms with van der Waals surface area (Å²) in [4.78, 5) is 12.6. The zero-order valence-corrected chi connectivity index (χ0v) is 11.5. The average molecular weight is 249 g/mol. The van der Waals surface area contributed by atoms with Crippen molar-refractivity contribution in [3.8, 4) is 0 Å². The fourth-order valence-electron chi connectivity index (χ4n) is 1.90. The van der Waals surface area contributed by atoms with Gasteiger partial charge in [-0.05, 0) is 37.9 Å². The number of aliphatic carboxylic acids is 1. The predicted molar refractivity (Wildman–Crippen MR) is 73.9 cm³/mol. The molecular formula is C15H23NO2. The number of likely N-dealkylation sites (N-methyl/N-ethyl adjacent to an activating group) is 1. The molecule has 18 heavy (non-hydrogen) atoms. The van der Waals surface area contributed by atoms with Crippen molar-refractivity contribution in [1.29, 1.82) is 0 Å². The fourth-order valence-corrected chi connectivity index (χ4v) is 1.90. The minimum Gasteiger partial charge on any atom is -0.481 e. The largest absolute Gasteiger partial charge is 0.481 e. The predicted octanol–water partition coefficient (Wildman–Crippen LogP) is 2.59. The van der Waals surface area contributed by atoms with Crippen LogP contribution in [0.25, 0.3) is 0 Å². The van der Waals surface area contributed by atoms with Crippen molar-refractivity contribution >= 4 is 5.97 Å². The summed E-state index contributed by atoms with van der Waals surface area (Å²) in [6.07, 6.45) is 2.23. The van der Waals surface area contributed by atoms with E-state index >= 15 is 0 Å². The van der Waals surface area contributed by atoms with E-state index in [-0.39, 0.29) is 6.42 Å². The van der Waals surface area contributed by atoms with E-state index < -0.39 is 5.97 Å². The maximum absolute atomic E-state index is 10.5. The summed E-state index contributed by atoms with van der Waals surface area (Å²) in [6.45, 7) is 4.89. The fraction of sp³-hybridized carbons (Fsp3) is 0.533. The van der Waals surface area contributed by atoms with Gasteiger partial charge >= 0.3 is 5.97 Å². The van der Waals surface area contributed by atoms with Gasteiger partial charge in [0.2, 0.25) is 0 Å². The standard InChI is InChI=1S/C15H23NO2/c1-4-13-5-7-14(8-6-13)11-12(2)16(3)10-9-15(17)18/h5-8,12H,4,9-11H2,1-3H3,(H,17,18). The number of benzene rings is 1. The highest BCUT2D eigenvalue weighted by Gasteiger charge is 2.11. The lowest BCUT2D eigenvalue weighted by atomic mass is 10.0. The second-order valence-electron chi connectivity index (χ2n) is 4.85. The molecule has 0 aromatic heterocycles. The molecule has 1 atom stereocenters. The quantitative estimate of drug-likeness (QED) is 0.807. The lowest BCUT2D eigenvalue weighted by molar-refractivity contribution is -0.137. The summed E-state index contributed by atoms with van der Waals surface area (Å²) >= 11 is 0. The normalized spacial score (nSPS) is 12.7. The molecule has 1 N–H and O–H groups in total. The van der Waals surface area contributed by atoms with Crippen molar-refractivity contribution in [1.82, 2.24) is 4.90 Å². The number of carbonyl (C=O) groups is 1. The maximum atomic E-state index is 10.5. The van der Waals surface area contributed by atoms with Crippen LogP contribution in [-0.4, -0.2) is 35.6 Å². The molecule has 1 rings (SSSR count). The Morgan fingerprint density at radius 3 is 2.33 bits per heavy atom. The van der Waals surface area contributed by atoms with Gasteiger partial charge in [-0.25, -0.2) is 0 Å². The third-order valence-corrected chi connectivity index (χ3v) is 3.39.